The third-order valence-corrected chi connectivity index (χ3v) is 4.37. The van der Waals surface area contributed by atoms with Gasteiger partial charge in [0.25, 0.3) is 11.5 Å². The summed E-state index contributed by atoms with van der Waals surface area (Å²) in [5.41, 5.74) is 0.604. The molecule has 1 unspecified atom stereocenters. The first-order chi connectivity index (χ1) is 12.1. The second kappa shape index (κ2) is 8.14. The van der Waals surface area contributed by atoms with E-state index in [9.17, 15) is 9.59 Å². The molecule has 1 aliphatic heterocycles. The molecule has 3 rings (SSSR count). The van der Waals surface area contributed by atoms with Crippen molar-refractivity contribution >= 4 is 29.3 Å². The van der Waals surface area contributed by atoms with Gasteiger partial charge in [0, 0.05) is 30.4 Å². The molecule has 1 aliphatic rings. The number of rotatable bonds is 5. The number of amides is 1. The van der Waals surface area contributed by atoms with E-state index in [1.54, 1.807) is 36.5 Å². The van der Waals surface area contributed by atoms with Crippen molar-refractivity contribution in [1.82, 2.24) is 9.88 Å². The number of halogens is 1. The third-order valence-electron chi connectivity index (χ3n) is 4.03. The maximum absolute atomic E-state index is 12.7. The standard InChI is InChI=1S/C19H19ClN2O3/c20-16-8-2-1-6-14(16)12-17(22-10-4-3-9-18(22)23)19(24)21-13-15-7-5-11-25-15/h1-4,6,8-10,12,15H,5,7,11,13H2,(H,21,24). The monoisotopic (exact) mass is 358 g/mol. The smallest absolute Gasteiger partial charge is 0.268 e. The van der Waals surface area contributed by atoms with E-state index in [1.807, 2.05) is 12.1 Å². The highest BCUT2D eigenvalue weighted by Gasteiger charge is 2.19. The zero-order valence-electron chi connectivity index (χ0n) is 13.7. The number of carbonyl (C=O) groups excluding carboxylic acids is 1. The highest BCUT2D eigenvalue weighted by molar-refractivity contribution is 6.32. The van der Waals surface area contributed by atoms with Crippen LogP contribution in [0.4, 0.5) is 0 Å². The zero-order chi connectivity index (χ0) is 17.6. The van der Waals surface area contributed by atoms with Crippen LogP contribution < -0.4 is 10.9 Å². The van der Waals surface area contributed by atoms with Gasteiger partial charge in [0.15, 0.2) is 0 Å². The largest absolute Gasteiger partial charge is 0.376 e. The maximum atomic E-state index is 12.7. The molecule has 1 amide bonds. The molecule has 5 nitrogen and oxygen atoms in total. The van der Waals surface area contributed by atoms with Gasteiger partial charge in [0.1, 0.15) is 5.70 Å². The van der Waals surface area contributed by atoms with Crippen LogP contribution in [0.1, 0.15) is 18.4 Å². The lowest BCUT2D eigenvalue weighted by Gasteiger charge is -2.14. The summed E-state index contributed by atoms with van der Waals surface area (Å²) >= 11 is 6.20. The van der Waals surface area contributed by atoms with Gasteiger partial charge in [-0.2, -0.15) is 0 Å². The molecule has 1 aromatic carbocycles. The van der Waals surface area contributed by atoms with Crippen LogP contribution in [0.5, 0.6) is 0 Å². The Hall–Kier alpha value is -2.37. The Morgan fingerprint density at radius 3 is 2.80 bits per heavy atom. The lowest BCUT2D eigenvalue weighted by molar-refractivity contribution is -0.116. The maximum Gasteiger partial charge on any atom is 0.268 e. The van der Waals surface area contributed by atoms with Gasteiger partial charge in [-0.3, -0.25) is 14.2 Å². The number of nitrogens with one attached hydrogen (secondary N) is 1. The van der Waals surface area contributed by atoms with Gasteiger partial charge < -0.3 is 10.1 Å². The quantitative estimate of drug-likeness (QED) is 0.836. The molecule has 130 valence electrons. The number of hydrogen-bond acceptors (Lipinski definition) is 3. The second-order valence-corrected chi connectivity index (χ2v) is 6.21. The minimum atomic E-state index is -0.344. The van der Waals surface area contributed by atoms with Crippen molar-refractivity contribution in [3.63, 3.8) is 0 Å². The van der Waals surface area contributed by atoms with Crippen molar-refractivity contribution in [3.8, 4) is 0 Å². The van der Waals surface area contributed by atoms with E-state index in [0.717, 1.165) is 19.4 Å². The zero-order valence-corrected chi connectivity index (χ0v) is 14.4. The SMILES string of the molecule is O=C(NCC1CCCO1)C(=Cc1ccccc1Cl)n1ccccc1=O. The molecule has 1 aromatic heterocycles. The number of benzene rings is 1. The van der Waals surface area contributed by atoms with Gasteiger partial charge in [-0.1, -0.05) is 35.9 Å². The number of carbonyl (C=O) groups is 1. The molecule has 2 heterocycles. The van der Waals surface area contributed by atoms with E-state index in [1.165, 1.54) is 10.6 Å². The lowest BCUT2D eigenvalue weighted by Crippen LogP contribution is -2.35. The first-order valence-electron chi connectivity index (χ1n) is 8.19. The Kier molecular flexibility index (Phi) is 5.68. The average molecular weight is 359 g/mol. The van der Waals surface area contributed by atoms with E-state index in [0.29, 0.717) is 17.1 Å². The van der Waals surface area contributed by atoms with Crippen LogP contribution in [0.15, 0.2) is 53.5 Å². The minimum Gasteiger partial charge on any atom is -0.376 e. The van der Waals surface area contributed by atoms with E-state index in [4.69, 9.17) is 16.3 Å². The summed E-state index contributed by atoms with van der Waals surface area (Å²) in [6, 6.07) is 11.9. The van der Waals surface area contributed by atoms with E-state index in [2.05, 4.69) is 5.32 Å². The van der Waals surface area contributed by atoms with Crippen molar-refractivity contribution in [3.05, 3.63) is 69.6 Å². The molecule has 1 atom stereocenters. The topological polar surface area (TPSA) is 60.3 Å². The van der Waals surface area contributed by atoms with Crippen molar-refractivity contribution in [2.45, 2.75) is 18.9 Å². The first-order valence-corrected chi connectivity index (χ1v) is 8.57. The minimum absolute atomic E-state index is 0.0259. The molecule has 6 heteroatoms. The summed E-state index contributed by atoms with van der Waals surface area (Å²) in [4.78, 5) is 24.9. The average Bonchev–Trinajstić information content (AvgIpc) is 3.13. The van der Waals surface area contributed by atoms with Crippen molar-refractivity contribution in [1.29, 1.82) is 0 Å². The normalized spacial score (nSPS) is 17.5. The van der Waals surface area contributed by atoms with Crippen LogP contribution in [0.25, 0.3) is 11.8 Å². The molecular weight excluding hydrogens is 340 g/mol. The van der Waals surface area contributed by atoms with Gasteiger partial charge in [0.2, 0.25) is 0 Å². The predicted octanol–water partition coefficient (Wildman–Crippen LogP) is 2.80. The molecule has 25 heavy (non-hydrogen) atoms. The summed E-state index contributed by atoms with van der Waals surface area (Å²) in [6.45, 7) is 1.14. The number of hydrogen-bond donors (Lipinski definition) is 1. The summed E-state index contributed by atoms with van der Waals surface area (Å²) in [7, 11) is 0. The van der Waals surface area contributed by atoms with Gasteiger partial charge in [-0.25, -0.2) is 0 Å². The Morgan fingerprint density at radius 1 is 1.28 bits per heavy atom. The molecule has 0 saturated carbocycles. The third kappa shape index (κ3) is 4.38. The molecule has 0 spiro atoms. The molecule has 0 radical (unpaired) electrons. The van der Waals surface area contributed by atoms with Crippen molar-refractivity contribution in [2.24, 2.45) is 0 Å². The molecule has 0 bridgehead atoms. The Labute approximate surface area is 150 Å². The van der Waals surface area contributed by atoms with E-state index >= 15 is 0 Å². The number of pyridine rings is 1. The summed E-state index contributed by atoms with van der Waals surface area (Å²) in [5, 5.41) is 3.37. The van der Waals surface area contributed by atoms with Crippen LogP contribution in [0.2, 0.25) is 5.02 Å². The molecule has 0 aliphatic carbocycles. The first kappa shape index (κ1) is 17.5. The van der Waals surface area contributed by atoms with E-state index in [-0.39, 0.29) is 23.3 Å². The lowest BCUT2D eigenvalue weighted by atomic mass is 10.1. The van der Waals surface area contributed by atoms with Crippen molar-refractivity contribution in [2.75, 3.05) is 13.2 Å². The van der Waals surface area contributed by atoms with Gasteiger partial charge in [0.05, 0.1) is 6.10 Å². The number of nitrogens with zero attached hydrogens (tertiary/aromatic N) is 1. The molecule has 2 aromatic rings. The number of aromatic nitrogens is 1. The van der Waals surface area contributed by atoms with Crippen LogP contribution in [-0.2, 0) is 9.53 Å². The Balaban J connectivity index is 1.91. The molecule has 1 saturated heterocycles. The Bertz CT molecular complexity index is 838. The van der Waals surface area contributed by atoms with Crippen LogP contribution in [0, 0.1) is 0 Å². The van der Waals surface area contributed by atoms with Gasteiger partial charge in [-0.05, 0) is 36.6 Å². The molecule has 1 N–H and O–H groups in total. The fourth-order valence-electron chi connectivity index (χ4n) is 2.71. The second-order valence-electron chi connectivity index (χ2n) is 5.81. The molecular formula is C19H19ClN2O3. The highest BCUT2D eigenvalue weighted by Crippen LogP contribution is 2.20. The fraction of sp³-hybridized carbons (Fsp3) is 0.263. The van der Waals surface area contributed by atoms with Gasteiger partial charge in [-0.15, -0.1) is 0 Å². The summed E-state index contributed by atoms with van der Waals surface area (Å²) in [5.74, 6) is -0.344. The van der Waals surface area contributed by atoms with Crippen LogP contribution in [-0.4, -0.2) is 29.7 Å². The Morgan fingerprint density at radius 2 is 2.08 bits per heavy atom. The number of ether oxygens (including phenoxy) is 1. The highest BCUT2D eigenvalue weighted by atomic mass is 35.5. The van der Waals surface area contributed by atoms with Crippen molar-refractivity contribution < 1.29 is 9.53 Å². The fourth-order valence-corrected chi connectivity index (χ4v) is 2.90. The summed E-state index contributed by atoms with van der Waals surface area (Å²) in [6.07, 6.45) is 5.14. The summed E-state index contributed by atoms with van der Waals surface area (Å²) < 4.78 is 6.84. The van der Waals surface area contributed by atoms with E-state index < -0.39 is 0 Å². The van der Waals surface area contributed by atoms with Crippen LogP contribution in [0.3, 0.4) is 0 Å². The predicted molar refractivity (Wildman–Crippen MR) is 98.3 cm³/mol. The van der Waals surface area contributed by atoms with Gasteiger partial charge >= 0.3 is 0 Å². The van der Waals surface area contributed by atoms with Crippen LogP contribution >= 0.6 is 11.6 Å². The molecule has 1 fully saturated rings.